The Hall–Kier alpha value is -2.35. The SMILES string of the molecule is NCCOc1ccc(Cl)cc1C(=O)Nc1ccc2c(c1)S(=O)(=O)C=C2. The van der Waals surface area contributed by atoms with Crippen LogP contribution in [0, 0.1) is 0 Å². The predicted octanol–water partition coefficient (Wildman–Crippen LogP) is 2.69. The summed E-state index contributed by atoms with van der Waals surface area (Å²) in [6.07, 6.45) is 1.52. The van der Waals surface area contributed by atoms with Crippen LogP contribution in [-0.2, 0) is 9.84 Å². The summed E-state index contributed by atoms with van der Waals surface area (Å²) >= 11 is 5.96. The maximum absolute atomic E-state index is 12.6. The molecule has 8 heteroatoms. The molecule has 3 N–H and O–H groups in total. The molecule has 0 saturated carbocycles. The molecule has 0 unspecified atom stereocenters. The average molecular weight is 379 g/mol. The quantitative estimate of drug-likeness (QED) is 0.833. The van der Waals surface area contributed by atoms with Crippen molar-refractivity contribution >= 4 is 39.1 Å². The molecule has 2 aromatic carbocycles. The molecule has 2 aromatic rings. The Labute approximate surface area is 150 Å². The van der Waals surface area contributed by atoms with Gasteiger partial charge in [-0.2, -0.15) is 0 Å². The third kappa shape index (κ3) is 3.68. The van der Waals surface area contributed by atoms with E-state index in [9.17, 15) is 13.2 Å². The molecule has 0 fully saturated rings. The van der Waals surface area contributed by atoms with Gasteiger partial charge in [-0.15, -0.1) is 0 Å². The first-order valence-corrected chi connectivity index (χ1v) is 9.34. The van der Waals surface area contributed by atoms with Crippen molar-refractivity contribution in [3.8, 4) is 5.75 Å². The lowest BCUT2D eigenvalue weighted by Crippen LogP contribution is -2.16. The molecule has 0 radical (unpaired) electrons. The number of fused-ring (bicyclic) bond motifs is 1. The molecule has 1 aliphatic heterocycles. The van der Waals surface area contributed by atoms with Crippen LogP contribution in [0.25, 0.3) is 6.08 Å². The number of rotatable bonds is 5. The molecule has 130 valence electrons. The van der Waals surface area contributed by atoms with Gasteiger partial charge >= 0.3 is 0 Å². The second-order valence-electron chi connectivity index (χ2n) is 5.33. The van der Waals surface area contributed by atoms with Crippen LogP contribution < -0.4 is 15.8 Å². The van der Waals surface area contributed by atoms with E-state index in [-0.39, 0.29) is 17.1 Å². The number of sulfone groups is 1. The van der Waals surface area contributed by atoms with Crippen LogP contribution >= 0.6 is 11.6 Å². The first-order valence-electron chi connectivity index (χ1n) is 7.42. The molecule has 0 saturated heterocycles. The zero-order chi connectivity index (χ0) is 18.0. The normalized spacial score (nSPS) is 14.2. The molecule has 0 aromatic heterocycles. The summed E-state index contributed by atoms with van der Waals surface area (Å²) < 4.78 is 29.3. The third-order valence-electron chi connectivity index (χ3n) is 3.57. The molecule has 1 aliphatic rings. The number of halogens is 1. The molecule has 0 spiro atoms. The molecule has 6 nitrogen and oxygen atoms in total. The van der Waals surface area contributed by atoms with E-state index in [1.165, 1.54) is 18.2 Å². The number of amides is 1. The van der Waals surface area contributed by atoms with E-state index >= 15 is 0 Å². The summed E-state index contributed by atoms with van der Waals surface area (Å²) in [6, 6.07) is 9.37. The van der Waals surface area contributed by atoms with E-state index < -0.39 is 15.7 Å². The van der Waals surface area contributed by atoms with Crippen LogP contribution in [0.5, 0.6) is 5.75 Å². The monoisotopic (exact) mass is 378 g/mol. The molecule has 25 heavy (non-hydrogen) atoms. The van der Waals surface area contributed by atoms with Crippen molar-refractivity contribution in [3.63, 3.8) is 0 Å². The molecule has 1 amide bonds. The van der Waals surface area contributed by atoms with Gasteiger partial charge in [0.05, 0.1) is 10.5 Å². The number of ether oxygens (including phenoxy) is 1. The minimum Gasteiger partial charge on any atom is -0.491 e. The predicted molar refractivity (Wildman–Crippen MR) is 96.6 cm³/mol. The van der Waals surface area contributed by atoms with E-state index in [4.69, 9.17) is 22.1 Å². The Bertz CT molecular complexity index is 971. The first kappa shape index (κ1) is 17.5. The highest BCUT2D eigenvalue weighted by atomic mass is 35.5. The van der Waals surface area contributed by atoms with Gasteiger partial charge in [-0.3, -0.25) is 4.79 Å². The lowest BCUT2D eigenvalue weighted by Gasteiger charge is -2.12. The number of hydrogen-bond donors (Lipinski definition) is 2. The summed E-state index contributed by atoms with van der Waals surface area (Å²) in [7, 11) is -3.45. The minimum atomic E-state index is -3.45. The molecule has 0 atom stereocenters. The lowest BCUT2D eigenvalue weighted by molar-refractivity contribution is 0.102. The number of nitrogens with two attached hydrogens (primary N) is 1. The zero-order valence-corrected chi connectivity index (χ0v) is 14.6. The molecule has 3 rings (SSSR count). The van der Waals surface area contributed by atoms with Gasteiger partial charge in [0, 0.05) is 22.7 Å². The summed E-state index contributed by atoms with van der Waals surface area (Å²) in [6.45, 7) is 0.560. The Balaban J connectivity index is 1.88. The van der Waals surface area contributed by atoms with Gasteiger partial charge in [-0.1, -0.05) is 17.7 Å². The largest absolute Gasteiger partial charge is 0.491 e. The number of hydrogen-bond acceptors (Lipinski definition) is 5. The van der Waals surface area contributed by atoms with Gasteiger partial charge in [0.2, 0.25) is 9.84 Å². The molecule has 0 aliphatic carbocycles. The topological polar surface area (TPSA) is 98.5 Å². The smallest absolute Gasteiger partial charge is 0.259 e. The van der Waals surface area contributed by atoms with E-state index in [1.54, 1.807) is 24.3 Å². The first-order chi connectivity index (χ1) is 11.9. The second kappa shape index (κ2) is 6.87. The minimum absolute atomic E-state index is 0.163. The van der Waals surface area contributed by atoms with Crippen LogP contribution in [0.15, 0.2) is 46.7 Å². The van der Waals surface area contributed by atoms with Gasteiger partial charge in [0.1, 0.15) is 12.4 Å². The second-order valence-corrected chi connectivity index (χ2v) is 7.57. The van der Waals surface area contributed by atoms with Crippen molar-refractivity contribution in [2.24, 2.45) is 5.73 Å². The number of carbonyl (C=O) groups is 1. The highest BCUT2D eigenvalue weighted by Crippen LogP contribution is 2.30. The zero-order valence-electron chi connectivity index (χ0n) is 13.0. The Kier molecular flexibility index (Phi) is 4.80. The number of benzene rings is 2. The molecule has 0 bridgehead atoms. The number of anilines is 1. The van der Waals surface area contributed by atoms with Crippen LogP contribution in [0.4, 0.5) is 5.69 Å². The fourth-order valence-electron chi connectivity index (χ4n) is 2.41. The van der Waals surface area contributed by atoms with E-state index in [1.807, 2.05) is 0 Å². The average Bonchev–Trinajstić information content (AvgIpc) is 2.88. The lowest BCUT2D eigenvalue weighted by atomic mass is 10.1. The number of nitrogens with one attached hydrogen (secondary N) is 1. The van der Waals surface area contributed by atoms with Crippen molar-refractivity contribution < 1.29 is 17.9 Å². The van der Waals surface area contributed by atoms with Gasteiger partial charge in [0.15, 0.2) is 0 Å². The van der Waals surface area contributed by atoms with Crippen LogP contribution in [-0.4, -0.2) is 27.5 Å². The Morgan fingerprint density at radius 2 is 2.00 bits per heavy atom. The van der Waals surface area contributed by atoms with Crippen molar-refractivity contribution in [3.05, 3.63) is 58.0 Å². The van der Waals surface area contributed by atoms with E-state index in [2.05, 4.69) is 5.32 Å². The van der Waals surface area contributed by atoms with Crippen molar-refractivity contribution in [2.45, 2.75) is 4.90 Å². The molecular formula is C17H15ClN2O4S. The van der Waals surface area contributed by atoms with Crippen LogP contribution in [0.2, 0.25) is 5.02 Å². The van der Waals surface area contributed by atoms with Gasteiger partial charge < -0.3 is 15.8 Å². The highest BCUT2D eigenvalue weighted by Gasteiger charge is 2.21. The summed E-state index contributed by atoms with van der Waals surface area (Å²) in [4.78, 5) is 12.7. The van der Waals surface area contributed by atoms with E-state index in [0.29, 0.717) is 28.6 Å². The number of carbonyl (C=O) groups excluding carboxylic acids is 1. The highest BCUT2D eigenvalue weighted by molar-refractivity contribution is 7.94. The van der Waals surface area contributed by atoms with Crippen LogP contribution in [0.1, 0.15) is 15.9 Å². The maximum atomic E-state index is 12.6. The Morgan fingerprint density at radius 1 is 1.20 bits per heavy atom. The van der Waals surface area contributed by atoms with E-state index in [0.717, 1.165) is 5.41 Å². The third-order valence-corrected chi connectivity index (χ3v) is 5.26. The standard InChI is InChI=1S/C17H15ClN2O4S/c18-12-2-4-15(24-7-6-19)14(9-12)17(21)20-13-3-1-11-5-8-25(22,23)16(11)10-13/h1-5,8-10H,6-7,19H2,(H,20,21). The molecular weight excluding hydrogens is 364 g/mol. The van der Waals surface area contributed by atoms with Crippen molar-refractivity contribution in [1.82, 2.24) is 0 Å². The van der Waals surface area contributed by atoms with Crippen molar-refractivity contribution in [2.75, 3.05) is 18.5 Å². The summed E-state index contributed by atoms with van der Waals surface area (Å²) in [5, 5.41) is 4.19. The van der Waals surface area contributed by atoms with Gasteiger partial charge in [-0.25, -0.2) is 8.42 Å². The van der Waals surface area contributed by atoms with Crippen molar-refractivity contribution in [1.29, 1.82) is 0 Å². The molecule has 1 heterocycles. The maximum Gasteiger partial charge on any atom is 0.259 e. The fraction of sp³-hybridized carbons (Fsp3) is 0.118. The van der Waals surface area contributed by atoms with Crippen LogP contribution in [0.3, 0.4) is 0 Å². The summed E-state index contributed by atoms with van der Waals surface area (Å²) in [5.41, 5.74) is 6.61. The Morgan fingerprint density at radius 3 is 2.76 bits per heavy atom. The summed E-state index contributed by atoms with van der Waals surface area (Å²) in [5.74, 6) is -0.111. The van der Waals surface area contributed by atoms with Gasteiger partial charge in [-0.05, 0) is 42.0 Å². The fourth-order valence-corrected chi connectivity index (χ4v) is 3.81. The van der Waals surface area contributed by atoms with Gasteiger partial charge in [0.25, 0.3) is 5.91 Å².